The van der Waals surface area contributed by atoms with Crippen molar-refractivity contribution in [2.24, 2.45) is 15.7 Å². The molecule has 0 fully saturated rings. The first-order chi connectivity index (χ1) is 20.0. The van der Waals surface area contributed by atoms with Crippen LogP contribution >= 0.6 is 12.8 Å². The Morgan fingerprint density at radius 2 is 1.36 bits per heavy atom. The average molecular weight is 613 g/mol. The summed E-state index contributed by atoms with van der Waals surface area (Å²) in [4.78, 5) is 10.9. The predicted octanol–water partition coefficient (Wildman–Crippen LogP) is 13.2. The highest BCUT2D eigenvalue weighted by Gasteiger charge is 2.13. The number of carbonyl (C=O) groups is 1. The van der Waals surface area contributed by atoms with Crippen LogP contribution in [0.5, 0.6) is 0 Å². The molecule has 0 radical (unpaired) electrons. The van der Waals surface area contributed by atoms with E-state index in [1.54, 1.807) is 0 Å². The number of rotatable bonds is 20. The van der Waals surface area contributed by atoms with Gasteiger partial charge in [-0.1, -0.05) is 153 Å². The summed E-state index contributed by atoms with van der Waals surface area (Å²) < 4.78 is 9.39. The van der Waals surface area contributed by atoms with Crippen molar-refractivity contribution in [1.29, 1.82) is 5.41 Å². The topological polar surface area (TPSA) is 62.5 Å². The Morgan fingerprint density at radius 3 is 1.76 bits per heavy atom. The van der Waals surface area contributed by atoms with E-state index in [2.05, 4.69) is 85.6 Å². The monoisotopic (exact) mass is 613 g/mol. The SMILES string of the molecule is CC.CCC(C)CC(C)(C)C.CCC/C=C(CC)/C(=N/S)C(=N)OCCCCCC.CCCCCCCCC(=O)CC. The Balaban J connectivity index is -0.000000269. The first kappa shape index (κ1) is 47.8. The van der Waals surface area contributed by atoms with Gasteiger partial charge in [-0.05, 0) is 61.8 Å². The van der Waals surface area contributed by atoms with Crippen molar-refractivity contribution in [3.8, 4) is 0 Å². The van der Waals surface area contributed by atoms with Crippen LogP contribution in [0.25, 0.3) is 0 Å². The molecule has 4 nitrogen and oxygen atoms in total. The normalized spacial score (nSPS) is 12.1. The number of hydrogen-bond donors (Lipinski definition) is 2. The van der Waals surface area contributed by atoms with Gasteiger partial charge in [0.1, 0.15) is 11.5 Å². The summed E-state index contributed by atoms with van der Waals surface area (Å²) >= 11 is 3.98. The van der Waals surface area contributed by atoms with Gasteiger partial charge in [-0.3, -0.25) is 10.2 Å². The van der Waals surface area contributed by atoms with Crippen molar-refractivity contribution >= 4 is 30.2 Å². The summed E-state index contributed by atoms with van der Waals surface area (Å²) in [6, 6.07) is 0. The highest BCUT2D eigenvalue weighted by atomic mass is 32.1. The minimum Gasteiger partial charge on any atom is -0.477 e. The molecule has 1 unspecified atom stereocenters. The van der Waals surface area contributed by atoms with E-state index in [4.69, 9.17) is 10.1 Å². The van der Waals surface area contributed by atoms with Crippen LogP contribution in [0.4, 0.5) is 0 Å². The molecule has 0 aromatic rings. The fraction of sp³-hybridized carbons (Fsp3) is 0.865. The molecule has 0 aliphatic heterocycles. The second kappa shape index (κ2) is 36.1. The molecule has 252 valence electrons. The smallest absolute Gasteiger partial charge is 0.233 e. The number of Topliss-reactive ketones (excluding diaryl/α,β-unsaturated/α-hetero) is 1. The van der Waals surface area contributed by atoms with Gasteiger partial charge in [0.25, 0.3) is 0 Å². The molecule has 0 spiro atoms. The predicted molar refractivity (Wildman–Crippen MR) is 196 cm³/mol. The third kappa shape index (κ3) is 36.9. The molecule has 0 aromatic heterocycles. The number of hydrogen-bond acceptors (Lipinski definition) is 5. The van der Waals surface area contributed by atoms with Crippen molar-refractivity contribution in [3.05, 3.63) is 11.6 Å². The molecule has 0 saturated carbocycles. The van der Waals surface area contributed by atoms with Crippen LogP contribution in [-0.4, -0.2) is 24.0 Å². The second-order valence-corrected chi connectivity index (χ2v) is 12.4. The van der Waals surface area contributed by atoms with Crippen LogP contribution < -0.4 is 0 Å². The van der Waals surface area contributed by atoms with Crippen molar-refractivity contribution in [3.63, 3.8) is 0 Å². The van der Waals surface area contributed by atoms with Gasteiger partial charge in [-0.2, -0.15) is 0 Å². The minimum absolute atomic E-state index is 0.149. The van der Waals surface area contributed by atoms with Crippen LogP contribution in [0, 0.1) is 16.7 Å². The zero-order valence-corrected chi connectivity index (χ0v) is 31.5. The van der Waals surface area contributed by atoms with Gasteiger partial charge in [0.2, 0.25) is 5.90 Å². The standard InChI is InChI=1S/C15H28N2OS.C11H22O.C9H20.C2H6/c1-4-7-9-10-12-18-15(16)14(17-19)13(6-3)11-8-5-2;1-3-5-6-7-8-9-10-11(12)4-2;1-6-8(2)7-9(3,4)5;1-2/h11,16,19H,4-10,12H2,1-3H3;3-10H2,1-2H3;8H,6-7H2,1-5H3;1-2H3/b13-11+,16-15?,17-14-;;;. The summed E-state index contributed by atoms with van der Waals surface area (Å²) in [6.45, 7) is 26.6. The van der Waals surface area contributed by atoms with E-state index in [0.717, 1.165) is 62.9 Å². The largest absolute Gasteiger partial charge is 0.477 e. The lowest BCUT2D eigenvalue weighted by Crippen LogP contribution is -2.19. The summed E-state index contributed by atoms with van der Waals surface area (Å²) in [5, 5.41) is 7.95. The molecular formula is C37H76N2O2S. The van der Waals surface area contributed by atoms with Crippen molar-refractivity contribution in [2.45, 2.75) is 192 Å². The van der Waals surface area contributed by atoms with Gasteiger partial charge in [0, 0.05) is 12.8 Å². The molecule has 5 heteroatoms. The van der Waals surface area contributed by atoms with E-state index in [0.29, 0.717) is 23.5 Å². The maximum Gasteiger partial charge on any atom is 0.233 e. The number of ketones is 1. The van der Waals surface area contributed by atoms with E-state index in [1.165, 1.54) is 57.8 Å². The van der Waals surface area contributed by atoms with E-state index >= 15 is 0 Å². The first-order valence-electron chi connectivity index (χ1n) is 17.6. The lowest BCUT2D eigenvalue weighted by molar-refractivity contribution is -0.118. The number of thiol groups is 1. The van der Waals surface area contributed by atoms with Crippen LogP contribution in [0.3, 0.4) is 0 Å². The van der Waals surface area contributed by atoms with E-state index in [1.807, 2.05) is 20.8 Å². The number of nitrogens with zero attached hydrogens (tertiary/aromatic N) is 1. The van der Waals surface area contributed by atoms with Crippen molar-refractivity contribution in [1.82, 2.24) is 0 Å². The molecular weight excluding hydrogens is 536 g/mol. The van der Waals surface area contributed by atoms with Gasteiger partial charge in [-0.25, -0.2) is 4.40 Å². The molecule has 0 saturated heterocycles. The van der Waals surface area contributed by atoms with Crippen LogP contribution in [0.2, 0.25) is 0 Å². The van der Waals surface area contributed by atoms with Crippen LogP contribution in [-0.2, 0) is 9.53 Å². The van der Waals surface area contributed by atoms with Crippen molar-refractivity contribution < 1.29 is 9.53 Å². The molecule has 42 heavy (non-hydrogen) atoms. The Hall–Kier alpha value is -1.10. The van der Waals surface area contributed by atoms with Gasteiger partial charge in [-0.15, -0.1) is 0 Å². The summed E-state index contributed by atoms with van der Waals surface area (Å²) in [5.74, 6) is 1.46. The molecule has 0 aromatic carbocycles. The third-order valence-electron chi connectivity index (χ3n) is 6.79. The van der Waals surface area contributed by atoms with Crippen LogP contribution in [0.1, 0.15) is 192 Å². The fourth-order valence-electron chi connectivity index (χ4n) is 4.22. The quantitative estimate of drug-likeness (QED) is 0.0621. The Labute approximate surface area is 270 Å². The Bertz CT molecular complexity index is 651. The molecule has 0 aliphatic rings. The molecule has 0 bridgehead atoms. The first-order valence-corrected chi connectivity index (χ1v) is 18.0. The average Bonchev–Trinajstić information content (AvgIpc) is 2.97. The maximum atomic E-state index is 10.9. The Kier molecular flexibility index (Phi) is 41.1. The summed E-state index contributed by atoms with van der Waals surface area (Å²) in [5.41, 5.74) is 2.15. The molecule has 0 heterocycles. The third-order valence-corrected chi connectivity index (χ3v) is 6.99. The fourth-order valence-corrected chi connectivity index (χ4v) is 4.44. The zero-order valence-electron chi connectivity index (χ0n) is 30.6. The lowest BCUT2D eigenvalue weighted by atomic mass is 9.84. The highest BCUT2D eigenvalue weighted by molar-refractivity contribution is 7.79. The lowest BCUT2D eigenvalue weighted by Gasteiger charge is -2.21. The van der Waals surface area contributed by atoms with Gasteiger partial charge >= 0.3 is 0 Å². The number of unbranched alkanes of at least 4 members (excludes halogenated alkanes) is 9. The summed E-state index contributed by atoms with van der Waals surface area (Å²) in [6.07, 6.45) is 21.5. The van der Waals surface area contributed by atoms with Gasteiger partial charge in [0.05, 0.1) is 6.61 Å². The van der Waals surface area contributed by atoms with E-state index in [-0.39, 0.29) is 5.90 Å². The summed E-state index contributed by atoms with van der Waals surface area (Å²) in [7, 11) is 0. The maximum absolute atomic E-state index is 10.9. The van der Waals surface area contributed by atoms with E-state index < -0.39 is 0 Å². The Morgan fingerprint density at radius 1 is 0.833 bits per heavy atom. The minimum atomic E-state index is 0.149. The number of nitrogens with one attached hydrogen (secondary N) is 1. The van der Waals surface area contributed by atoms with Gasteiger partial charge in [0.15, 0.2) is 0 Å². The second-order valence-electron chi connectivity index (χ2n) is 12.2. The molecule has 1 atom stereocenters. The van der Waals surface area contributed by atoms with E-state index in [9.17, 15) is 4.79 Å². The number of carbonyl (C=O) groups excluding carboxylic acids is 1. The van der Waals surface area contributed by atoms with Crippen molar-refractivity contribution in [2.75, 3.05) is 6.61 Å². The molecule has 1 N–H and O–H groups in total. The highest BCUT2D eigenvalue weighted by Crippen LogP contribution is 2.25. The molecule has 0 amide bonds. The number of ether oxygens (including phenoxy) is 1. The zero-order chi connectivity index (χ0) is 33.2. The van der Waals surface area contributed by atoms with Gasteiger partial charge < -0.3 is 4.74 Å². The number of allylic oxidation sites excluding steroid dienone is 1. The van der Waals surface area contributed by atoms with Crippen LogP contribution in [0.15, 0.2) is 16.0 Å². The molecule has 0 aliphatic carbocycles. The molecule has 0 rings (SSSR count).